The van der Waals surface area contributed by atoms with E-state index in [-0.39, 0.29) is 5.91 Å². The molecule has 0 fully saturated rings. The summed E-state index contributed by atoms with van der Waals surface area (Å²) in [5.41, 5.74) is 2.76. The lowest BCUT2D eigenvalue weighted by Gasteiger charge is -2.17. The van der Waals surface area contributed by atoms with Gasteiger partial charge in [-0.25, -0.2) is 0 Å². The Kier molecular flexibility index (Phi) is 10.1. The van der Waals surface area contributed by atoms with Crippen LogP contribution in [0.2, 0.25) is 10.0 Å². The molecule has 1 aromatic heterocycles. The smallest absolute Gasteiger partial charge is 0.273 e. The number of hydrogen-bond donors (Lipinski definition) is 4. The largest absolute Gasteiger partial charge is 0.380 e. The molecule has 1 amide bonds. The number of aromatic nitrogens is 1. The van der Waals surface area contributed by atoms with Crippen LogP contribution in [0.25, 0.3) is 0 Å². The van der Waals surface area contributed by atoms with Crippen molar-refractivity contribution in [3.05, 3.63) is 87.1 Å². The normalized spacial score (nSPS) is 12.1. The van der Waals surface area contributed by atoms with Crippen LogP contribution in [0, 0.1) is 5.41 Å². The molecule has 31 heavy (non-hydrogen) atoms. The van der Waals surface area contributed by atoms with E-state index in [4.69, 9.17) is 28.6 Å². The number of nitrogens with zero attached hydrogens (tertiary/aromatic N) is 1. The lowest BCUT2D eigenvalue weighted by Crippen LogP contribution is -2.37. The standard InChI is InChI=1S/C23H27Cl2N5O/c1-3-6-21(29-15-17-8-9-19(24)20(25)13-17)30-23(31)22(16(2)14-26)28-12-10-18-7-4-5-11-27-18/h4-9,11,13-14,26,28-29H,3,10,12,15H2,1-2H3,(H,30,31)/b21-6+,22-16-,26-14?. The minimum Gasteiger partial charge on any atom is -0.380 e. The highest BCUT2D eigenvalue weighted by molar-refractivity contribution is 6.42. The maximum absolute atomic E-state index is 12.9. The van der Waals surface area contributed by atoms with Crippen molar-refractivity contribution in [1.82, 2.24) is 20.9 Å². The molecule has 0 atom stereocenters. The van der Waals surface area contributed by atoms with Gasteiger partial charge in [-0.05, 0) is 54.8 Å². The van der Waals surface area contributed by atoms with Crippen LogP contribution in [0.1, 0.15) is 31.5 Å². The average Bonchev–Trinajstić information content (AvgIpc) is 2.77. The lowest BCUT2D eigenvalue weighted by molar-refractivity contribution is -0.117. The molecule has 0 aliphatic heterocycles. The summed E-state index contributed by atoms with van der Waals surface area (Å²) in [7, 11) is 0. The van der Waals surface area contributed by atoms with Crippen molar-refractivity contribution < 1.29 is 4.79 Å². The second-order valence-corrected chi connectivity index (χ2v) is 7.60. The lowest BCUT2D eigenvalue weighted by atomic mass is 10.2. The molecule has 0 spiro atoms. The van der Waals surface area contributed by atoms with Gasteiger partial charge in [-0.1, -0.05) is 42.3 Å². The second kappa shape index (κ2) is 12.8. The summed E-state index contributed by atoms with van der Waals surface area (Å²) in [4.78, 5) is 17.2. The van der Waals surface area contributed by atoms with E-state index in [0.29, 0.717) is 46.6 Å². The molecule has 0 bridgehead atoms. The molecule has 1 heterocycles. The molecule has 0 saturated carbocycles. The first kappa shape index (κ1) is 24.4. The van der Waals surface area contributed by atoms with Gasteiger partial charge >= 0.3 is 0 Å². The summed E-state index contributed by atoms with van der Waals surface area (Å²) in [6, 6.07) is 11.1. The summed E-state index contributed by atoms with van der Waals surface area (Å²) in [5.74, 6) is 0.267. The number of amides is 1. The van der Waals surface area contributed by atoms with E-state index >= 15 is 0 Å². The Balaban J connectivity index is 2.01. The highest BCUT2D eigenvalue weighted by atomic mass is 35.5. The Hall–Kier alpha value is -2.83. The van der Waals surface area contributed by atoms with Gasteiger partial charge in [-0.15, -0.1) is 0 Å². The highest BCUT2D eigenvalue weighted by Gasteiger charge is 2.14. The third-order valence-electron chi connectivity index (χ3n) is 4.37. The Morgan fingerprint density at radius 3 is 2.61 bits per heavy atom. The van der Waals surface area contributed by atoms with Crippen LogP contribution in [0.15, 0.2) is 65.8 Å². The zero-order chi connectivity index (χ0) is 22.6. The van der Waals surface area contributed by atoms with Crippen LogP contribution in [-0.2, 0) is 17.8 Å². The predicted molar refractivity (Wildman–Crippen MR) is 127 cm³/mol. The average molecular weight is 460 g/mol. The number of hydrogen-bond acceptors (Lipinski definition) is 5. The number of nitrogens with one attached hydrogen (secondary N) is 4. The zero-order valence-corrected chi connectivity index (χ0v) is 19.1. The first-order chi connectivity index (χ1) is 14.9. The summed E-state index contributed by atoms with van der Waals surface area (Å²) in [5, 5.41) is 17.8. The van der Waals surface area contributed by atoms with Crippen LogP contribution < -0.4 is 16.0 Å². The molecule has 1 aromatic carbocycles. The van der Waals surface area contributed by atoms with E-state index in [1.807, 2.05) is 37.3 Å². The molecule has 164 valence electrons. The quantitative estimate of drug-likeness (QED) is 0.292. The van der Waals surface area contributed by atoms with Gasteiger partial charge < -0.3 is 21.4 Å². The molecule has 4 N–H and O–H groups in total. The topological polar surface area (TPSA) is 89.9 Å². The Labute approximate surface area is 193 Å². The van der Waals surface area contributed by atoms with E-state index < -0.39 is 0 Å². The van der Waals surface area contributed by atoms with Crippen molar-refractivity contribution in [3.8, 4) is 0 Å². The van der Waals surface area contributed by atoms with Gasteiger partial charge in [0.2, 0.25) is 0 Å². The molecule has 6 nitrogen and oxygen atoms in total. The van der Waals surface area contributed by atoms with E-state index in [2.05, 4.69) is 20.9 Å². The SMILES string of the molecule is CC/C=C(\NCc1ccc(Cl)c(Cl)c1)NC(=O)/C(NCCc1ccccn1)=C(\C)C=N. The zero-order valence-electron chi connectivity index (χ0n) is 17.6. The first-order valence-corrected chi connectivity index (χ1v) is 10.7. The Bertz CT molecular complexity index is 958. The van der Waals surface area contributed by atoms with E-state index in [1.165, 1.54) is 0 Å². The molecule has 0 aliphatic carbocycles. The van der Waals surface area contributed by atoms with Gasteiger partial charge in [-0.3, -0.25) is 9.78 Å². The molecule has 0 unspecified atom stereocenters. The maximum Gasteiger partial charge on any atom is 0.273 e. The molecular formula is C23H27Cl2N5O. The molecule has 8 heteroatoms. The first-order valence-electron chi connectivity index (χ1n) is 9.99. The Morgan fingerprint density at radius 2 is 1.97 bits per heavy atom. The summed E-state index contributed by atoms with van der Waals surface area (Å²) < 4.78 is 0. The fourth-order valence-electron chi connectivity index (χ4n) is 2.74. The molecule has 0 saturated heterocycles. The third kappa shape index (κ3) is 8.07. The van der Waals surface area contributed by atoms with Crippen LogP contribution in [0.3, 0.4) is 0 Å². The number of pyridine rings is 1. The summed E-state index contributed by atoms with van der Waals surface area (Å²) in [6.07, 6.45) is 6.19. The van der Waals surface area contributed by atoms with Crippen LogP contribution in [-0.4, -0.2) is 23.7 Å². The van der Waals surface area contributed by atoms with E-state index in [0.717, 1.165) is 23.9 Å². The number of allylic oxidation sites excluding steroid dienone is 2. The molecular weight excluding hydrogens is 433 g/mol. The highest BCUT2D eigenvalue weighted by Crippen LogP contribution is 2.22. The van der Waals surface area contributed by atoms with Gasteiger partial charge in [0.1, 0.15) is 11.5 Å². The van der Waals surface area contributed by atoms with Gasteiger partial charge in [-0.2, -0.15) is 0 Å². The number of carbonyl (C=O) groups is 1. The second-order valence-electron chi connectivity index (χ2n) is 6.78. The fourth-order valence-corrected chi connectivity index (χ4v) is 3.06. The van der Waals surface area contributed by atoms with Crippen molar-refractivity contribution in [3.63, 3.8) is 0 Å². The van der Waals surface area contributed by atoms with Gasteiger partial charge in [0.25, 0.3) is 5.91 Å². The van der Waals surface area contributed by atoms with Crippen LogP contribution in [0.4, 0.5) is 0 Å². The van der Waals surface area contributed by atoms with Crippen molar-refractivity contribution in [2.45, 2.75) is 33.2 Å². The fraction of sp³-hybridized carbons (Fsp3) is 0.261. The van der Waals surface area contributed by atoms with Crippen molar-refractivity contribution in [2.75, 3.05) is 6.54 Å². The summed E-state index contributed by atoms with van der Waals surface area (Å²) >= 11 is 12.0. The molecule has 2 aromatic rings. The number of rotatable bonds is 11. The monoisotopic (exact) mass is 459 g/mol. The van der Waals surface area contributed by atoms with Crippen molar-refractivity contribution in [1.29, 1.82) is 5.41 Å². The van der Waals surface area contributed by atoms with Gasteiger partial charge in [0, 0.05) is 37.6 Å². The van der Waals surface area contributed by atoms with Crippen molar-refractivity contribution in [2.24, 2.45) is 0 Å². The minimum absolute atomic E-state index is 0.316. The number of carbonyl (C=O) groups excluding carboxylic acids is 1. The summed E-state index contributed by atoms with van der Waals surface area (Å²) in [6.45, 7) is 4.70. The molecule has 0 aliphatic rings. The Morgan fingerprint density at radius 1 is 1.16 bits per heavy atom. The van der Waals surface area contributed by atoms with E-state index in [1.54, 1.807) is 25.3 Å². The minimum atomic E-state index is -0.316. The van der Waals surface area contributed by atoms with Gasteiger partial charge in [0.15, 0.2) is 0 Å². The van der Waals surface area contributed by atoms with Crippen LogP contribution in [0.5, 0.6) is 0 Å². The number of benzene rings is 1. The molecule has 0 radical (unpaired) electrons. The maximum atomic E-state index is 12.9. The number of halogens is 2. The molecule has 2 rings (SSSR count). The third-order valence-corrected chi connectivity index (χ3v) is 5.11. The van der Waals surface area contributed by atoms with E-state index in [9.17, 15) is 4.79 Å². The van der Waals surface area contributed by atoms with Gasteiger partial charge in [0.05, 0.1) is 10.0 Å². The predicted octanol–water partition coefficient (Wildman–Crippen LogP) is 4.60. The van der Waals surface area contributed by atoms with Crippen molar-refractivity contribution >= 4 is 35.3 Å². The van der Waals surface area contributed by atoms with Crippen LogP contribution >= 0.6 is 23.2 Å².